The summed E-state index contributed by atoms with van der Waals surface area (Å²) >= 11 is 0. The van der Waals surface area contributed by atoms with Gasteiger partial charge in [-0.15, -0.1) is 0 Å². The third-order valence-corrected chi connectivity index (χ3v) is 6.23. The molecular formula is C20H22N2O6S. The van der Waals surface area contributed by atoms with E-state index in [2.05, 4.69) is 0 Å². The smallest absolute Gasteiger partial charge is 0.331 e. The van der Waals surface area contributed by atoms with Crippen LogP contribution in [-0.2, 0) is 26.2 Å². The molecule has 0 amide bonds. The summed E-state index contributed by atoms with van der Waals surface area (Å²) in [6, 6.07) is 11.9. The normalized spacial score (nSPS) is 11.7. The molecule has 0 radical (unpaired) electrons. The van der Waals surface area contributed by atoms with Crippen molar-refractivity contribution in [2.45, 2.75) is 25.3 Å². The van der Waals surface area contributed by atoms with Crippen LogP contribution >= 0.6 is 0 Å². The van der Waals surface area contributed by atoms with E-state index in [9.17, 15) is 23.3 Å². The van der Waals surface area contributed by atoms with E-state index in [4.69, 9.17) is 4.74 Å². The van der Waals surface area contributed by atoms with Crippen LogP contribution in [0.1, 0.15) is 25.0 Å². The van der Waals surface area contributed by atoms with Gasteiger partial charge in [-0.3, -0.25) is 10.1 Å². The van der Waals surface area contributed by atoms with Crippen molar-refractivity contribution in [2.24, 2.45) is 0 Å². The highest BCUT2D eigenvalue weighted by molar-refractivity contribution is 7.89. The fraction of sp³-hybridized carbons (Fsp3) is 0.250. The van der Waals surface area contributed by atoms with Crippen molar-refractivity contribution in [3.05, 3.63) is 75.8 Å². The van der Waals surface area contributed by atoms with Gasteiger partial charge in [-0.25, -0.2) is 13.2 Å². The van der Waals surface area contributed by atoms with Gasteiger partial charge in [-0.05, 0) is 41.5 Å². The Balaban J connectivity index is 1.95. The Morgan fingerprint density at radius 3 is 2.17 bits per heavy atom. The zero-order valence-corrected chi connectivity index (χ0v) is 17.0. The van der Waals surface area contributed by atoms with Crippen molar-refractivity contribution in [2.75, 3.05) is 13.1 Å². The number of non-ortho nitro benzene ring substituents is 1. The summed E-state index contributed by atoms with van der Waals surface area (Å²) in [5.74, 6) is -0.580. The monoisotopic (exact) mass is 418 g/mol. The van der Waals surface area contributed by atoms with Gasteiger partial charge in [0.2, 0.25) is 10.0 Å². The molecule has 0 aliphatic heterocycles. The number of carbonyl (C=O) groups excluding carboxylic acids is 1. The van der Waals surface area contributed by atoms with E-state index in [1.807, 2.05) is 0 Å². The van der Waals surface area contributed by atoms with E-state index >= 15 is 0 Å². The van der Waals surface area contributed by atoms with Crippen LogP contribution in [0.15, 0.2) is 59.5 Å². The lowest BCUT2D eigenvalue weighted by molar-refractivity contribution is -0.384. The molecule has 0 N–H and O–H groups in total. The predicted molar refractivity (Wildman–Crippen MR) is 108 cm³/mol. The lowest BCUT2D eigenvalue weighted by Gasteiger charge is -2.18. The van der Waals surface area contributed by atoms with Gasteiger partial charge in [0.25, 0.3) is 5.69 Å². The number of sulfonamides is 1. The molecule has 2 rings (SSSR count). The molecule has 2 aromatic carbocycles. The fourth-order valence-corrected chi connectivity index (χ4v) is 4.00. The Hall–Kier alpha value is -3.04. The first-order chi connectivity index (χ1) is 13.8. The number of hydrogen-bond donors (Lipinski definition) is 0. The predicted octanol–water partition coefficient (Wildman–Crippen LogP) is 3.38. The molecule has 8 nitrogen and oxygen atoms in total. The molecule has 0 bridgehead atoms. The highest BCUT2D eigenvalue weighted by Gasteiger charge is 2.20. The molecule has 0 saturated heterocycles. The van der Waals surface area contributed by atoms with Gasteiger partial charge in [0.1, 0.15) is 6.61 Å². The topological polar surface area (TPSA) is 107 Å². The van der Waals surface area contributed by atoms with Crippen LogP contribution in [-0.4, -0.2) is 36.7 Å². The number of carbonyl (C=O) groups is 1. The molecule has 9 heteroatoms. The van der Waals surface area contributed by atoms with Gasteiger partial charge in [0, 0.05) is 31.3 Å². The summed E-state index contributed by atoms with van der Waals surface area (Å²) in [5, 5.41) is 10.6. The Bertz CT molecular complexity index is 979. The molecule has 0 atom stereocenters. The van der Waals surface area contributed by atoms with Gasteiger partial charge in [-0.2, -0.15) is 4.31 Å². The van der Waals surface area contributed by atoms with Gasteiger partial charge in [-0.1, -0.05) is 26.0 Å². The van der Waals surface area contributed by atoms with Gasteiger partial charge in [0.15, 0.2) is 0 Å². The number of benzene rings is 2. The Morgan fingerprint density at radius 1 is 1.07 bits per heavy atom. The number of hydrogen-bond acceptors (Lipinski definition) is 6. The second-order valence-corrected chi connectivity index (χ2v) is 7.96. The molecule has 0 aliphatic rings. The summed E-state index contributed by atoms with van der Waals surface area (Å²) < 4.78 is 31.4. The third-order valence-electron chi connectivity index (χ3n) is 4.16. The number of ether oxygens (including phenoxy) is 1. The third kappa shape index (κ3) is 5.97. The minimum Gasteiger partial charge on any atom is -0.458 e. The summed E-state index contributed by atoms with van der Waals surface area (Å²) in [4.78, 5) is 22.1. The molecule has 0 unspecified atom stereocenters. The first-order valence-corrected chi connectivity index (χ1v) is 10.4. The molecule has 0 aromatic heterocycles. The Kier molecular flexibility index (Phi) is 7.63. The summed E-state index contributed by atoms with van der Waals surface area (Å²) in [7, 11) is -3.52. The van der Waals surface area contributed by atoms with Crippen molar-refractivity contribution in [1.82, 2.24) is 4.31 Å². The first-order valence-electron chi connectivity index (χ1n) is 8.96. The van der Waals surface area contributed by atoms with Gasteiger partial charge < -0.3 is 4.74 Å². The highest BCUT2D eigenvalue weighted by Crippen LogP contribution is 2.17. The minimum atomic E-state index is -3.52. The lowest BCUT2D eigenvalue weighted by atomic mass is 10.2. The Labute approximate surface area is 169 Å². The second kappa shape index (κ2) is 9.94. The standard InChI is InChI=1S/C20H22N2O6S/c1-3-21(4-2)29(26,27)19-12-7-16(8-13-19)9-14-20(23)28-15-17-5-10-18(11-6-17)22(24)25/h5-14H,3-4,15H2,1-2H3/b14-9+. The zero-order chi connectivity index (χ0) is 21.4. The average Bonchev–Trinajstić information content (AvgIpc) is 2.72. The quantitative estimate of drug-likeness (QED) is 0.267. The van der Waals surface area contributed by atoms with Crippen molar-refractivity contribution < 1.29 is 22.9 Å². The maximum absolute atomic E-state index is 12.4. The fourth-order valence-electron chi connectivity index (χ4n) is 2.54. The molecule has 2 aromatic rings. The summed E-state index contributed by atoms with van der Waals surface area (Å²) in [6.45, 7) is 4.32. The summed E-state index contributed by atoms with van der Waals surface area (Å²) in [5.41, 5.74) is 1.24. The molecule has 0 aliphatic carbocycles. The van der Waals surface area contributed by atoms with Crippen molar-refractivity contribution >= 4 is 27.8 Å². The average molecular weight is 418 g/mol. The molecule has 0 fully saturated rings. The maximum Gasteiger partial charge on any atom is 0.331 e. The van der Waals surface area contributed by atoms with Crippen LogP contribution in [0.5, 0.6) is 0 Å². The first kappa shape index (κ1) is 22.3. The largest absolute Gasteiger partial charge is 0.458 e. The number of nitro benzene ring substituents is 1. The van der Waals surface area contributed by atoms with Crippen molar-refractivity contribution in [1.29, 1.82) is 0 Å². The maximum atomic E-state index is 12.4. The second-order valence-electron chi connectivity index (χ2n) is 6.02. The van der Waals surface area contributed by atoms with Crippen LogP contribution in [0.25, 0.3) is 6.08 Å². The number of nitrogens with zero attached hydrogens (tertiary/aromatic N) is 2. The van der Waals surface area contributed by atoms with Crippen LogP contribution in [0.4, 0.5) is 5.69 Å². The molecule has 0 saturated carbocycles. The highest BCUT2D eigenvalue weighted by atomic mass is 32.2. The van der Waals surface area contributed by atoms with Crippen LogP contribution in [0.3, 0.4) is 0 Å². The van der Waals surface area contributed by atoms with Crippen molar-refractivity contribution in [3.8, 4) is 0 Å². The van der Waals surface area contributed by atoms with Crippen LogP contribution in [0, 0.1) is 10.1 Å². The van der Waals surface area contributed by atoms with E-state index in [0.29, 0.717) is 24.2 Å². The molecule has 0 spiro atoms. The number of nitro groups is 1. The van der Waals surface area contributed by atoms with E-state index in [0.717, 1.165) is 0 Å². The zero-order valence-electron chi connectivity index (χ0n) is 16.1. The molecule has 154 valence electrons. The molecule has 29 heavy (non-hydrogen) atoms. The van der Waals surface area contributed by atoms with E-state index in [1.165, 1.54) is 52.9 Å². The van der Waals surface area contributed by atoms with Gasteiger partial charge in [0.05, 0.1) is 9.82 Å². The summed E-state index contributed by atoms with van der Waals surface area (Å²) in [6.07, 6.45) is 2.76. The van der Waals surface area contributed by atoms with Crippen molar-refractivity contribution in [3.63, 3.8) is 0 Å². The molecular weight excluding hydrogens is 396 g/mol. The number of rotatable bonds is 9. The van der Waals surface area contributed by atoms with Gasteiger partial charge >= 0.3 is 5.97 Å². The van der Waals surface area contributed by atoms with Crippen LogP contribution in [0.2, 0.25) is 0 Å². The van der Waals surface area contributed by atoms with E-state index in [1.54, 1.807) is 26.0 Å². The Morgan fingerprint density at radius 2 is 1.66 bits per heavy atom. The SMILES string of the molecule is CCN(CC)S(=O)(=O)c1ccc(/C=C/C(=O)OCc2ccc([N+](=O)[O-])cc2)cc1. The number of esters is 1. The minimum absolute atomic E-state index is 0.0117. The van der Waals surface area contributed by atoms with E-state index < -0.39 is 20.9 Å². The van der Waals surface area contributed by atoms with E-state index in [-0.39, 0.29) is 17.2 Å². The van der Waals surface area contributed by atoms with Crippen LogP contribution < -0.4 is 0 Å². The molecule has 0 heterocycles. The lowest BCUT2D eigenvalue weighted by Crippen LogP contribution is -2.30.